The third-order valence-electron chi connectivity index (χ3n) is 4.44. The van der Waals surface area contributed by atoms with Crippen LogP contribution in [0.2, 0.25) is 0 Å². The molecule has 0 radical (unpaired) electrons. The van der Waals surface area contributed by atoms with Crippen molar-refractivity contribution in [1.29, 1.82) is 0 Å². The molecule has 0 unspecified atom stereocenters. The summed E-state index contributed by atoms with van der Waals surface area (Å²) < 4.78 is 5.29. The molecule has 0 aliphatic carbocycles. The molecule has 3 aromatic rings. The van der Waals surface area contributed by atoms with Gasteiger partial charge in [-0.05, 0) is 43.3 Å². The minimum atomic E-state index is -2.23. The summed E-state index contributed by atoms with van der Waals surface area (Å²) in [6.07, 6.45) is 1.67. The lowest BCUT2D eigenvalue weighted by atomic mass is 10.3. The minimum absolute atomic E-state index is 0.102. The van der Waals surface area contributed by atoms with E-state index in [0.29, 0.717) is 6.61 Å². The molecule has 0 fully saturated rings. The summed E-state index contributed by atoms with van der Waals surface area (Å²) in [5.74, 6) is -0.102. The van der Waals surface area contributed by atoms with Gasteiger partial charge in [0.25, 0.3) is 5.95 Å². The molecular weight excluding hydrogens is 351 g/mol. The van der Waals surface area contributed by atoms with Gasteiger partial charge >= 0.3 is 0 Å². The highest BCUT2D eigenvalue weighted by Gasteiger charge is 2.48. The maximum Gasteiger partial charge on any atom is 0.280 e. The summed E-state index contributed by atoms with van der Waals surface area (Å²) in [7, 11) is -2.23. The number of rotatable bonds is 7. The topological polar surface area (TPSA) is 29.5 Å². The average Bonchev–Trinajstić information content (AvgIpc) is 2.71. The molecule has 0 aliphatic rings. The average molecular weight is 375 g/mol. The van der Waals surface area contributed by atoms with Gasteiger partial charge in [0.15, 0.2) is 0 Å². The normalized spacial score (nSPS) is 11.8. The van der Waals surface area contributed by atoms with Crippen molar-refractivity contribution in [3.05, 3.63) is 115 Å². The number of hydrogen-bond acceptors (Lipinski definition) is 2. The first-order valence-electron chi connectivity index (χ1n) is 8.98. The smallest absolute Gasteiger partial charge is 0.280 e. The number of benzene rings is 3. The molecule has 1 N–H and O–H groups in total. The van der Waals surface area contributed by atoms with E-state index in [4.69, 9.17) is 4.74 Å². The van der Waals surface area contributed by atoms with Gasteiger partial charge < -0.3 is 9.84 Å². The van der Waals surface area contributed by atoms with Gasteiger partial charge in [0, 0.05) is 0 Å². The molecule has 0 atom stereocenters. The van der Waals surface area contributed by atoms with Crippen LogP contribution in [0.25, 0.3) is 0 Å². The van der Waals surface area contributed by atoms with Crippen LogP contribution >= 0.6 is 7.26 Å². The number of aliphatic hydroxyl groups is 1. The Morgan fingerprint density at radius 1 is 0.815 bits per heavy atom. The van der Waals surface area contributed by atoms with Crippen molar-refractivity contribution >= 4 is 23.2 Å². The van der Waals surface area contributed by atoms with E-state index in [-0.39, 0.29) is 5.95 Å². The maximum absolute atomic E-state index is 10.2. The molecule has 0 heterocycles. The lowest BCUT2D eigenvalue weighted by Gasteiger charge is -2.27. The van der Waals surface area contributed by atoms with Crippen molar-refractivity contribution in [2.24, 2.45) is 0 Å². The Morgan fingerprint density at radius 2 is 1.19 bits per heavy atom. The molecule has 0 spiro atoms. The zero-order chi connectivity index (χ0) is 19.1. The highest BCUT2D eigenvalue weighted by Crippen LogP contribution is 2.62. The minimum Gasteiger partial charge on any atom is -0.481 e. The molecule has 0 bridgehead atoms. The molecule has 0 amide bonds. The third-order valence-corrected chi connectivity index (χ3v) is 8.65. The molecule has 3 heteroatoms. The summed E-state index contributed by atoms with van der Waals surface area (Å²) in [6.45, 7) is 6.67. The highest BCUT2D eigenvalue weighted by atomic mass is 31.2. The Balaban J connectivity index is 2.33. The zero-order valence-electron chi connectivity index (χ0n) is 15.5. The van der Waals surface area contributed by atoms with Crippen LogP contribution in [0.3, 0.4) is 0 Å². The molecule has 0 saturated heterocycles. The van der Waals surface area contributed by atoms with Gasteiger partial charge in [0.05, 0.1) is 12.7 Å². The maximum atomic E-state index is 10.2. The van der Waals surface area contributed by atoms with Gasteiger partial charge in [0.2, 0.25) is 0 Å². The van der Waals surface area contributed by atoms with Crippen LogP contribution in [-0.2, 0) is 4.74 Å². The van der Waals surface area contributed by atoms with Gasteiger partial charge in [-0.2, -0.15) is 0 Å². The second kappa shape index (κ2) is 8.70. The van der Waals surface area contributed by atoms with E-state index >= 15 is 0 Å². The fourth-order valence-electron chi connectivity index (χ4n) is 3.33. The molecule has 0 aliphatic heterocycles. The Bertz CT molecular complexity index is 806. The van der Waals surface area contributed by atoms with Gasteiger partial charge in [-0.15, -0.1) is 0 Å². The van der Waals surface area contributed by atoms with E-state index in [2.05, 4.69) is 79.4 Å². The Labute approximate surface area is 161 Å². The molecule has 3 rings (SSSR count). The Morgan fingerprint density at radius 3 is 1.52 bits per heavy atom. The van der Waals surface area contributed by atoms with Crippen molar-refractivity contribution < 1.29 is 9.84 Å². The summed E-state index contributed by atoms with van der Waals surface area (Å²) >= 11 is 0. The van der Waals surface area contributed by atoms with Gasteiger partial charge in [-0.25, -0.2) is 0 Å². The fraction of sp³-hybridized carbons (Fsp3) is 0.0833. The van der Waals surface area contributed by atoms with E-state index in [0.717, 1.165) is 5.31 Å². The summed E-state index contributed by atoms with van der Waals surface area (Å²) in [5.41, 5.74) is 0. The van der Waals surface area contributed by atoms with Crippen LogP contribution in [0.4, 0.5) is 0 Å². The third kappa shape index (κ3) is 3.82. The van der Waals surface area contributed by atoms with E-state index < -0.39 is 7.26 Å². The summed E-state index contributed by atoms with van der Waals surface area (Å²) in [5, 5.41) is 14.6. The van der Waals surface area contributed by atoms with Gasteiger partial charge in [-0.1, -0.05) is 61.2 Å². The van der Waals surface area contributed by atoms with Crippen LogP contribution in [-0.4, -0.2) is 11.7 Å². The molecule has 136 valence electrons. The van der Waals surface area contributed by atoms with Crippen molar-refractivity contribution in [3.63, 3.8) is 0 Å². The van der Waals surface area contributed by atoms with Crippen molar-refractivity contribution in [2.45, 2.75) is 6.92 Å². The van der Waals surface area contributed by atoms with Crippen LogP contribution < -0.4 is 15.9 Å². The van der Waals surface area contributed by atoms with Crippen molar-refractivity contribution in [3.8, 4) is 0 Å². The van der Waals surface area contributed by atoms with E-state index in [9.17, 15) is 5.11 Å². The van der Waals surface area contributed by atoms with E-state index in [1.165, 1.54) is 15.9 Å². The predicted octanol–water partition coefficient (Wildman–Crippen LogP) is 4.93. The number of ether oxygens (including phenoxy) is 1. The van der Waals surface area contributed by atoms with Crippen LogP contribution in [0, 0.1) is 0 Å². The first-order chi connectivity index (χ1) is 13.2. The standard InChI is InChI=1S/C24H23O2P/c1-3-26-24(25)19-20(2)27(21-13-7-4-8-14-21,22-15-9-5-10-16-22)23-17-11-6-12-18-23/h4-19H,2-3H2,1H3/p+1/b24-19+. The second-order valence-electron chi connectivity index (χ2n) is 6.08. The van der Waals surface area contributed by atoms with Crippen LogP contribution in [0.5, 0.6) is 0 Å². The quantitative estimate of drug-likeness (QED) is 0.360. The predicted molar refractivity (Wildman–Crippen MR) is 117 cm³/mol. The van der Waals surface area contributed by atoms with Crippen molar-refractivity contribution in [1.82, 2.24) is 0 Å². The van der Waals surface area contributed by atoms with Gasteiger partial charge in [-0.3, -0.25) is 0 Å². The second-order valence-corrected chi connectivity index (χ2v) is 9.55. The molecular formula is C24H24O2P+. The van der Waals surface area contributed by atoms with E-state index in [1.54, 1.807) is 6.08 Å². The Kier molecular flexibility index (Phi) is 6.11. The molecule has 2 nitrogen and oxygen atoms in total. The van der Waals surface area contributed by atoms with Crippen LogP contribution in [0.1, 0.15) is 6.92 Å². The Hall–Kier alpha value is -2.83. The SMILES string of the molecule is C=C(/C=C(\O)OCC)[P+](c1ccccc1)(c1ccccc1)c1ccccc1. The summed E-state index contributed by atoms with van der Waals surface area (Å²) in [4.78, 5) is 0. The van der Waals surface area contributed by atoms with E-state index in [1.807, 2.05) is 25.1 Å². The number of aliphatic hydroxyl groups excluding tert-OH is 1. The fourth-order valence-corrected chi connectivity index (χ4v) is 7.38. The lowest BCUT2D eigenvalue weighted by molar-refractivity contribution is 0.102. The largest absolute Gasteiger partial charge is 0.481 e. The van der Waals surface area contributed by atoms with Gasteiger partial charge in [0.1, 0.15) is 28.5 Å². The molecule has 3 aromatic carbocycles. The number of hydrogen-bond donors (Lipinski definition) is 1. The highest BCUT2D eigenvalue weighted by molar-refractivity contribution is 7.99. The molecule has 0 saturated carbocycles. The summed E-state index contributed by atoms with van der Waals surface area (Å²) in [6, 6.07) is 31.2. The zero-order valence-corrected chi connectivity index (χ0v) is 16.3. The van der Waals surface area contributed by atoms with Crippen LogP contribution in [0.15, 0.2) is 115 Å². The lowest BCUT2D eigenvalue weighted by Crippen LogP contribution is -2.31. The van der Waals surface area contributed by atoms with Crippen molar-refractivity contribution in [2.75, 3.05) is 6.61 Å². The first-order valence-corrected chi connectivity index (χ1v) is 10.8. The molecule has 27 heavy (non-hydrogen) atoms. The monoisotopic (exact) mass is 375 g/mol. The first kappa shape index (κ1) is 18.9. The number of allylic oxidation sites excluding steroid dienone is 2. The molecule has 0 aromatic heterocycles.